The van der Waals surface area contributed by atoms with Gasteiger partial charge in [0.05, 0.1) is 6.42 Å². The Morgan fingerprint density at radius 3 is 2.77 bits per heavy atom. The van der Waals surface area contributed by atoms with E-state index in [9.17, 15) is 4.79 Å². The Morgan fingerprint density at radius 2 is 2.00 bits per heavy atom. The molecule has 0 bridgehead atoms. The molecule has 30 heavy (non-hydrogen) atoms. The van der Waals surface area contributed by atoms with Crippen LogP contribution in [0.15, 0.2) is 65.0 Å². The van der Waals surface area contributed by atoms with E-state index < -0.39 is 5.47 Å². The number of hydrogen-bond acceptors (Lipinski definition) is 6. The lowest BCUT2D eigenvalue weighted by atomic mass is 10.2. The standard InChI is InChI=1S/C21H23N5O3P/c1-21(30)24-19-20(25-29-21)23-18(22-19)16-9-12-26(13-10-16)11-5-8-17(27)28-14-15-6-3-2-4-7-15/h2-4,6-7,9-10,12-13H,5,8,11,14,30H2,1H3,(H,22,23,24,25)/q+1. The molecular weight excluding hydrogens is 401 g/mol. The minimum Gasteiger partial charge on any atom is -0.461 e. The summed E-state index contributed by atoms with van der Waals surface area (Å²) in [5.41, 5.74) is 2.16. The van der Waals surface area contributed by atoms with Crippen LogP contribution in [0.2, 0.25) is 0 Å². The van der Waals surface area contributed by atoms with Crippen LogP contribution >= 0.6 is 9.24 Å². The molecular formula is C21H23N5O3P+. The molecule has 1 aliphatic rings. The minimum atomic E-state index is -0.779. The van der Waals surface area contributed by atoms with Crippen molar-refractivity contribution in [3.63, 3.8) is 0 Å². The number of carbonyl (C=O) groups excluding carboxylic acids is 1. The molecule has 1 aliphatic heterocycles. The predicted octanol–water partition coefficient (Wildman–Crippen LogP) is 1.62. The Balaban J connectivity index is 1.29. The zero-order chi connectivity index (χ0) is 21.0. The summed E-state index contributed by atoms with van der Waals surface area (Å²) in [6, 6.07) is 13.6. The van der Waals surface area contributed by atoms with Crippen molar-refractivity contribution >= 4 is 15.2 Å². The molecule has 0 radical (unpaired) electrons. The SMILES string of the molecule is CC1(P)N=c2[nH]c(-c3cc[n+](CCCC(=O)OCc4ccccc4)cc3)nc2=NO1. The van der Waals surface area contributed by atoms with Crippen molar-refractivity contribution < 1.29 is 18.9 Å². The molecule has 0 amide bonds. The van der Waals surface area contributed by atoms with E-state index in [0.29, 0.717) is 36.2 Å². The number of fused-ring (bicyclic) bond motifs is 1. The van der Waals surface area contributed by atoms with Crippen LogP contribution in [0.1, 0.15) is 25.3 Å². The van der Waals surface area contributed by atoms with Crippen molar-refractivity contribution in [2.75, 3.05) is 0 Å². The van der Waals surface area contributed by atoms with Gasteiger partial charge in [-0.3, -0.25) is 4.79 Å². The van der Waals surface area contributed by atoms with Gasteiger partial charge in [-0.2, -0.15) is 0 Å². The van der Waals surface area contributed by atoms with Crippen LogP contribution < -0.4 is 15.5 Å². The van der Waals surface area contributed by atoms with Gasteiger partial charge in [0.15, 0.2) is 17.9 Å². The number of nitrogens with one attached hydrogen (secondary N) is 1. The molecule has 1 N–H and O–H groups in total. The predicted molar refractivity (Wildman–Crippen MR) is 111 cm³/mol. The highest BCUT2D eigenvalue weighted by Gasteiger charge is 2.22. The number of ether oxygens (including phenoxy) is 1. The molecule has 9 heteroatoms. The largest absolute Gasteiger partial charge is 0.461 e. The number of aromatic amines is 1. The molecule has 2 atom stereocenters. The van der Waals surface area contributed by atoms with Gasteiger partial charge in [0.1, 0.15) is 19.0 Å². The second kappa shape index (κ2) is 8.71. The van der Waals surface area contributed by atoms with Gasteiger partial charge in [-0.05, 0) is 5.56 Å². The van der Waals surface area contributed by atoms with Gasteiger partial charge in [-0.1, -0.05) is 44.7 Å². The van der Waals surface area contributed by atoms with E-state index in [1.807, 2.05) is 59.4 Å². The maximum atomic E-state index is 11.9. The van der Waals surface area contributed by atoms with E-state index in [4.69, 9.17) is 9.57 Å². The highest BCUT2D eigenvalue weighted by molar-refractivity contribution is 7.18. The summed E-state index contributed by atoms with van der Waals surface area (Å²) in [4.78, 5) is 29.2. The number of carbonyl (C=O) groups is 1. The highest BCUT2D eigenvalue weighted by atomic mass is 31.0. The number of esters is 1. The summed E-state index contributed by atoms with van der Waals surface area (Å²) in [6.45, 7) is 2.83. The molecule has 3 heterocycles. The maximum Gasteiger partial charge on any atom is 0.306 e. The van der Waals surface area contributed by atoms with Crippen molar-refractivity contribution in [3.8, 4) is 11.4 Å². The molecule has 154 valence electrons. The fourth-order valence-corrected chi connectivity index (χ4v) is 3.17. The lowest BCUT2D eigenvalue weighted by Crippen LogP contribution is -2.35. The number of hydrogen-bond donors (Lipinski definition) is 1. The van der Waals surface area contributed by atoms with Crippen LogP contribution in [0.25, 0.3) is 11.4 Å². The van der Waals surface area contributed by atoms with Crippen LogP contribution in [-0.4, -0.2) is 21.4 Å². The van der Waals surface area contributed by atoms with E-state index in [1.165, 1.54) is 0 Å². The van der Waals surface area contributed by atoms with Gasteiger partial charge in [0.2, 0.25) is 11.0 Å². The summed E-state index contributed by atoms with van der Waals surface area (Å²) in [5.74, 6) is 0.489. The fourth-order valence-electron chi connectivity index (χ4n) is 2.99. The number of rotatable bonds is 7. The molecule has 2 unspecified atom stereocenters. The number of H-pyrrole nitrogens is 1. The lowest BCUT2D eigenvalue weighted by Gasteiger charge is -2.17. The molecule has 0 saturated heterocycles. The summed E-state index contributed by atoms with van der Waals surface area (Å²) in [5, 5.41) is 3.99. The van der Waals surface area contributed by atoms with Gasteiger partial charge >= 0.3 is 5.97 Å². The van der Waals surface area contributed by atoms with Crippen LogP contribution in [-0.2, 0) is 27.5 Å². The lowest BCUT2D eigenvalue weighted by molar-refractivity contribution is -0.697. The summed E-state index contributed by atoms with van der Waals surface area (Å²) < 4.78 is 7.33. The first-order valence-electron chi connectivity index (χ1n) is 9.68. The monoisotopic (exact) mass is 424 g/mol. The topological polar surface area (TPSA) is 92.8 Å². The third-order valence-corrected chi connectivity index (χ3v) is 4.76. The van der Waals surface area contributed by atoms with Gasteiger partial charge in [-0.25, -0.2) is 14.5 Å². The zero-order valence-corrected chi connectivity index (χ0v) is 17.8. The van der Waals surface area contributed by atoms with Crippen molar-refractivity contribution in [1.29, 1.82) is 0 Å². The van der Waals surface area contributed by atoms with E-state index in [2.05, 4.69) is 29.4 Å². The van der Waals surface area contributed by atoms with E-state index >= 15 is 0 Å². The third-order valence-electron chi connectivity index (χ3n) is 4.52. The molecule has 1 aromatic carbocycles. The molecule has 0 aliphatic carbocycles. The summed E-state index contributed by atoms with van der Waals surface area (Å²) in [7, 11) is 2.50. The van der Waals surface area contributed by atoms with Crippen molar-refractivity contribution in [2.24, 2.45) is 10.1 Å². The van der Waals surface area contributed by atoms with Crippen LogP contribution in [0.3, 0.4) is 0 Å². The first-order valence-corrected chi connectivity index (χ1v) is 10.3. The van der Waals surface area contributed by atoms with Crippen LogP contribution in [0, 0.1) is 0 Å². The molecule has 4 rings (SSSR count). The number of nitrogens with zero attached hydrogens (tertiary/aromatic N) is 4. The second-order valence-electron chi connectivity index (χ2n) is 7.18. The van der Waals surface area contributed by atoms with E-state index in [0.717, 1.165) is 17.7 Å². The van der Waals surface area contributed by atoms with Crippen LogP contribution in [0.4, 0.5) is 0 Å². The number of aromatic nitrogens is 3. The van der Waals surface area contributed by atoms with Gasteiger partial charge in [0.25, 0.3) is 0 Å². The van der Waals surface area contributed by atoms with Gasteiger partial charge in [-0.15, -0.1) is 0 Å². The number of benzene rings is 1. The number of pyridine rings is 1. The van der Waals surface area contributed by atoms with Crippen molar-refractivity contribution in [3.05, 3.63) is 71.4 Å². The smallest absolute Gasteiger partial charge is 0.306 e. The zero-order valence-electron chi connectivity index (χ0n) is 16.6. The summed E-state index contributed by atoms with van der Waals surface area (Å²) >= 11 is 0. The molecule has 8 nitrogen and oxygen atoms in total. The molecule has 0 spiro atoms. The average Bonchev–Trinajstić information content (AvgIpc) is 3.15. The number of aryl methyl sites for hydroxylation is 1. The minimum absolute atomic E-state index is 0.187. The normalized spacial score (nSPS) is 17.3. The fraction of sp³-hybridized carbons (Fsp3) is 0.286. The Hall–Kier alpha value is -3.12. The van der Waals surface area contributed by atoms with E-state index in [1.54, 1.807) is 6.92 Å². The summed E-state index contributed by atoms with van der Waals surface area (Å²) in [6.07, 6.45) is 4.99. The first-order chi connectivity index (χ1) is 14.5. The number of imidazole rings is 1. The third kappa shape index (κ3) is 5.07. The van der Waals surface area contributed by atoms with Crippen LogP contribution in [0.5, 0.6) is 0 Å². The second-order valence-corrected chi connectivity index (χ2v) is 8.25. The van der Waals surface area contributed by atoms with Crippen molar-refractivity contribution in [1.82, 2.24) is 9.97 Å². The molecule has 2 aromatic heterocycles. The Kier molecular flexibility index (Phi) is 5.86. The molecule has 3 aromatic rings. The van der Waals surface area contributed by atoms with Gasteiger partial charge < -0.3 is 14.6 Å². The first kappa shape index (κ1) is 20.2. The Morgan fingerprint density at radius 1 is 1.23 bits per heavy atom. The molecule has 0 saturated carbocycles. The Bertz CT molecular complexity index is 1140. The average molecular weight is 424 g/mol. The van der Waals surface area contributed by atoms with Crippen molar-refractivity contribution in [2.45, 2.75) is 38.4 Å². The Labute approximate surface area is 175 Å². The quantitative estimate of drug-likeness (QED) is 0.354. The maximum absolute atomic E-state index is 11.9. The molecule has 0 fully saturated rings. The van der Waals surface area contributed by atoms with Gasteiger partial charge in [0, 0.05) is 31.0 Å². The highest BCUT2D eigenvalue weighted by Crippen LogP contribution is 2.21. The van der Waals surface area contributed by atoms with E-state index in [-0.39, 0.29) is 5.97 Å².